The second kappa shape index (κ2) is 7.62. The first kappa shape index (κ1) is 16.8. The Morgan fingerprint density at radius 1 is 1.17 bits per heavy atom. The van der Waals surface area contributed by atoms with E-state index in [1.54, 1.807) is 12.1 Å². The number of benzene rings is 2. The molecule has 2 atom stereocenters. The molecule has 0 spiro atoms. The van der Waals surface area contributed by atoms with E-state index in [0.29, 0.717) is 23.7 Å². The summed E-state index contributed by atoms with van der Waals surface area (Å²) in [6.07, 6.45) is -1.33. The molecule has 0 aliphatic carbocycles. The highest BCUT2D eigenvalue weighted by atomic mass is 16.5. The van der Waals surface area contributed by atoms with E-state index in [9.17, 15) is 9.90 Å². The van der Waals surface area contributed by atoms with Gasteiger partial charge in [0, 0.05) is 0 Å². The molecule has 0 saturated heterocycles. The standard InChI is InChI=1S/C17H19NO5/c1-22-14-9-12(16(19)15(18)17(20)21)7-8-13(14)23-10-11-5-3-2-4-6-11/h2-9,15-16,19H,10,18H2,1H3,(H,20,21)/t15-,16+/m0/s1. The first-order chi connectivity index (χ1) is 11.0. The lowest BCUT2D eigenvalue weighted by molar-refractivity contribution is -0.141. The summed E-state index contributed by atoms with van der Waals surface area (Å²) in [5.41, 5.74) is 6.79. The zero-order valence-corrected chi connectivity index (χ0v) is 12.7. The van der Waals surface area contributed by atoms with Crippen LogP contribution < -0.4 is 15.2 Å². The van der Waals surface area contributed by atoms with Crippen LogP contribution in [0.2, 0.25) is 0 Å². The van der Waals surface area contributed by atoms with E-state index in [2.05, 4.69) is 0 Å². The van der Waals surface area contributed by atoms with Gasteiger partial charge in [-0.1, -0.05) is 36.4 Å². The smallest absolute Gasteiger partial charge is 0.323 e. The number of hydrogen-bond acceptors (Lipinski definition) is 5. The molecule has 4 N–H and O–H groups in total. The van der Waals surface area contributed by atoms with Crippen molar-refractivity contribution in [2.45, 2.75) is 18.8 Å². The summed E-state index contributed by atoms with van der Waals surface area (Å²) >= 11 is 0. The third-order valence-corrected chi connectivity index (χ3v) is 3.39. The molecule has 122 valence electrons. The predicted octanol–water partition coefficient (Wildman–Crippen LogP) is 1.72. The number of carbonyl (C=O) groups is 1. The van der Waals surface area contributed by atoms with Crippen LogP contribution in [-0.4, -0.2) is 29.3 Å². The highest BCUT2D eigenvalue weighted by molar-refractivity contribution is 5.74. The summed E-state index contributed by atoms with van der Waals surface area (Å²) in [5.74, 6) is -0.382. The Morgan fingerprint density at radius 3 is 2.48 bits per heavy atom. The third kappa shape index (κ3) is 4.21. The van der Waals surface area contributed by atoms with Crippen molar-refractivity contribution in [3.05, 3.63) is 59.7 Å². The number of carboxylic acids is 1. The molecule has 0 aliphatic rings. The molecule has 0 unspecified atom stereocenters. The number of hydrogen-bond donors (Lipinski definition) is 3. The molecule has 23 heavy (non-hydrogen) atoms. The largest absolute Gasteiger partial charge is 0.493 e. The van der Waals surface area contributed by atoms with Crippen LogP contribution in [0.3, 0.4) is 0 Å². The van der Waals surface area contributed by atoms with E-state index in [1.165, 1.54) is 13.2 Å². The molecule has 6 heteroatoms. The second-order valence-corrected chi connectivity index (χ2v) is 4.99. The molecule has 0 radical (unpaired) electrons. The number of aliphatic carboxylic acids is 1. The van der Waals surface area contributed by atoms with E-state index in [-0.39, 0.29) is 0 Å². The molecule has 2 aromatic rings. The lowest BCUT2D eigenvalue weighted by Gasteiger charge is -2.17. The van der Waals surface area contributed by atoms with E-state index >= 15 is 0 Å². The molecule has 2 rings (SSSR count). The van der Waals surface area contributed by atoms with Crippen molar-refractivity contribution in [3.63, 3.8) is 0 Å². The van der Waals surface area contributed by atoms with Gasteiger partial charge in [-0.2, -0.15) is 0 Å². The number of methoxy groups -OCH3 is 1. The minimum atomic E-state index is -1.41. The molecular formula is C17H19NO5. The fraction of sp³-hybridized carbons (Fsp3) is 0.235. The molecule has 0 saturated carbocycles. The average Bonchev–Trinajstić information content (AvgIpc) is 2.59. The van der Waals surface area contributed by atoms with Crippen molar-refractivity contribution in [1.29, 1.82) is 0 Å². The number of aliphatic hydroxyl groups is 1. The lowest BCUT2D eigenvalue weighted by atomic mass is 10.0. The molecule has 0 amide bonds. The Bertz CT molecular complexity index is 659. The zero-order valence-electron chi connectivity index (χ0n) is 12.7. The van der Waals surface area contributed by atoms with Gasteiger partial charge in [0.2, 0.25) is 0 Å². The number of nitrogens with two attached hydrogens (primary N) is 1. The monoisotopic (exact) mass is 317 g/mol. The molecule has 2 aromatic carbocycles. The van der Waals surface area contributed by atoms with E-state index < -0.39 is 18.1 Å². The summed E-state index contributed by atoms with van der Waals surface area (Å²) in [6, 6.07) is 12.9. The highest BCUT2D eigenvalue weighted by Crippen LogP contribution is 2.31. The number of aliphatic hydroxyl groups excluding tert-OH is 1. The van der Waals surface area contributed by atoms with Crippen molar-refractivity contribution in [2.24, 2.45) is 5.73 Å². The molecule has 0 heterocycles. The molecule has 0 aromatic heterocycles. The van der Waals surface area contributed by atoms with Gasteiger partial charge in [-0.05, 0) is 23.3 Å². The van der Waals surface area contributed by atoms with Crippen molar-refractivity contribution in [3.8, 4) is 11.5 Å². The topological polar surface area (TPSA) is 102 Å². The maximum atomic E-state index is 10.9. The zero-order chi connectivity index (χ0) is 16.8. The van der Waals surface area contributed by atoms with Crippen LogP contribution in [0.5, 0.6) is 11.5 Å². The summed E-state index contributed by atoms with van der Waals surface area (Å²) < 4.78 is 10.9. The first-order valence-corrected chi connectivity index (χ1v) is 7.04. The maximum Gasteiger partial charge on any atom is 0.323 e. The van der Waals surface area contributed by atoms with Crippen LogP contribution in [0.15, 0.2) is 48.5 Å². The molecule has 0 fully saturated rings. The quantitative estimate of drug-likeness (QED) is 0.718. The maximum absolute atomic E-state index is 10.9. The highest BCUT2D eigenvalue weighted by Gasteiger charge is 2.24. The van der Waals surface area contributed by atoms with Gasteiger partial charge in [0.15, 0.2) is 11.5 Å². The summed E-state index contributed by atoms with van der Waals surface area (Å²) in [6.45, 7) is 0.369. The van der Waals surface area contributed by atoms with Crippen LogP contribution in [0, 0.1) is 0 Å². The predicted molar refractivity (Wildman–Crippen MR) is 84.3 cm³/mol. The Balaban J connectivity index is 2.14. The molecule has 0 aliphatic heterocycles. The van der Waals surface area contributed by atoms with Gasteiger partial charge in [0.25, 0.3) is 0 Å². The van der Waals surface area contributed by atoms with Gasteiger partial charge in [-0.25, -0.2) is 0 Å². The third-order valence-electron chi connectivity index (χ3n) is 3.39. The van der Waals surface area contributed by atoms with Crippen LogP contribution in [-0.2, 0) is 11.4 Å². The van der Waals surface area contributed by atoms with Gasteiger partial charge in [0.1, 0.15) is 18.8 Å². The number of ether oxygens (including phenoxy) is 2. The van der Waals surface area contributed by atoms with E-state index in [0.717, 1.165) is 5.56 Å². The molecular weight excluding hydrogens is 298 g/mol. The van der Waals surface area contributed by atoms with E-state index in [4.69, 9.17) is 20.3 Å². The SMILES string of the molecule is COc1cc([C@@H](O)[C@H](N)C(=O)O)ccc1OCc1ccccc1. The van der Waals surface area contributed by atoms with Crippen molar-refractivity contribution in [2.75, 3.05) is 7.11 Å². The minimum Gasteiger partial charge on any atom is -0.493 e. The second-order valence-electron chi connectivity index (χ2n) is 4.99. The van der Waals surface area contributed by atoms with Crippen molar-refractivity contribution >= 4 is 5.97 Å². The van der Waals surface area contributed by atoms with Crippen LogP contribution in [0.1, 0.15) is 17.2 Å². The molecule has 6 nitrogen and oxygen atoms in total. The fourth-order valence-corrected chi connectivity index (χ4v) is 2.07. The minimum absolute atomic E-state index is 0.351. The molecule has 0 bridgehead atoms. The Morgan fingerprint density at radius 2 is 1.87 bits per heavy atom. The normalized spacial score (nSPS) is 13.2. The number of carboxylic acid groups (broad SMARTS) is 1. The number of rotatable bonds is 7. The van der Waals surface area contributed by atoms with E-state index in [1.807, 2.05) is 30.3 Å². The van der Waals surface area contributed by atoms with Crippen LogP contribution in [0.4, 0.5) is 0 Å². The van der Waals surface area contributed by atoms with Crippen molar-refractivity contribution in [1.82, 2.24) is 0 Å². The fourth-order valence-electron chi connectivity index (χ4n) is 2.07. The Labute approximate surface area is 134 Å². The summed E-state index contributed by atoms with van der Waals surface area (Å²) in [4.78, 5) is 10.9. The van der Waals surface area contributed by atoms with Gasteiger partial charge < -0.3 is 25.4 Å². The lowest BCUT2D eigenvalue weighted by Crippen LogP contribution is -2.36. The van der Waals surface area contributed by atoms with Gasteiger partial charge in [-0.3, -0.25) is 4.79 Å². The van der Waals surface area contributed by atoms with Gasteiger partial charge >= 0.3 is 5.97 Å². The first-order valence-electron chi connectivity index (χ1n) is 7.04. The summed E-state index contributed by atoms with van der Waals surface area (Å²) in [7, 11) is 1.47. The Kier molecular flexibility index (Phi) is 5.56. The van der Waals surface area contributed by atoms with Crippen LogP contribution >= 0.6 is 0 Å². The van der Waals surface area contributed by atoms with Gasteiger partial charge in [0.05, 0.1) is 7.11 Å². The van der Waals surface area contributed by atoms with Gasteiger partial charge in [-0.15, -0.1) is 0 Å². The van der Waals surface area contributed by atoms with Crippen LogP contribution in [0.25, 0.3) is 0 Å². The Hall–Kier alpha value is -2.57. The average molecular weight is 317 g/mol. The summed E-state index contributed by atoms with van der Waals surface area (Å²) in [5, 5.41) is 18.8. The van der Waals surface area contributed by atoms with Crippen molar-refractivity contribution < 1.29 is 24.5 Å².